The highest BCUT2D eigenvalue weighted by molar-refractivity contribution is 5.71. The first kappa shape index (κ1) is 11.3. The minimum Gasteiger partial charge on any atom is -0.468 e. The zero-order valence-corrected chi connectivity index (χ0v) is 8.78. The van der Waals surface area contributed by atoms with Crippen molar-refractivity contribution in [3.05, 3.63) is 23.5 Å². The summed E-state index contributed by atoms with van der Waals surface area (Å²) < 4.78 is 6.22. The summed E-state index contributed by atoms with van der Waals surface area (Å²) in [6.07, 6.45) is 1.85. The van der Waals surface area contributed by atoms with Crippen molar-refractivity contribution in [1.82, 2.24) is 9.88 Å². The second-order valence-corrected chi connectivity index (χ2v) is 3.14. The summed E-state index contributed by atoms with van der Waals surface area (Å²) in [7, 11) is 3.16. The van der Waals surface area contributed by atoms with Gasteiger partial charge in [-0.3, -0.25) is 4.79 Å². The van der Waals surface area contributed by atoms with Gasteiger partial charge in [0.1, 0.15) is 11.8 Å². The quantitative estimate of drug-likeness (QED) is 0.714. The molecule has 5 nitrogen and oxygen atoms in total. The molecule has 0 aliphatic rings. The van der Waals surface area contributed by atoms with Gasteiger partial charge in [0, 0.05) is 19.8 Å². The molecule has 0 fully saturated rings. The number of rotatable bonds is 4. The lowest BCUT2D eigenvalue weighted by Gasteiger charge is -2.00. The Morgan fingerprint density at radius 3 is 3.00 bits per heavy atom. The topological polar surface area (TPSA) is 67.0 Å². The van der Waals surface area contributed by atoms with Crippen LogP contribution in [-0.2, 0) is 23.1 Å². The summed E-state index contributed by atoms with van der Waals surface area (Å²) in [5.41, 5.74) is 1.57. The zero-order chi connectivity index (χ0) is 11.3. The summed E-state index contributed by atoms with van der Waals surface area (Å²) in [5, 5.41) is 11.6. The third kappa shape index (κ3) is 3.11. The van der Waals surface area contributed by atoms with E-state index < -0.39 is 0 Å². The average Bonchev–Trinajstić information content (AvgIpc) is 2.58. The largest absolute Gasteiger partial charge is 0.468 e. The van der Waals surface area contributed by atoms with Crippen molar-refractivity contribution in [2.45, 2.75) is 6.54 Å². The van der Waals surface area contributed by atoms with E-state index in [4.69, 9.17) is 5.26 Å². The molecule has 0 radical (unpaired) electrons. The Balaban J connectivity index is 2.45. The van der Waals surface area contributed by atoms with Crippen LogP contribution in [0, 0.1) is 11.3 Å². The number of hydrogen-bond acceptors (Lipinski definition) is 4. The Kier molecular flexibility index (Phi) is 3.89. The van der Waals surface area contributed by atoms with Crippen molar-refractivity contribution in [3.63, 3.8) is 0 Å². The zero-order valence-electron chi connectivity index (χ0n) is 8.78. The minimum atomic E-state index is -0.300. The lowest BCUT2D eigenvalue weighted by Crippen LogP contribution is -2.23. The fourth-order valence-corrected chi connectivity index (χ4v) is 1.22. The minimum absolute atomic E-state index is 0.174. The highest BCUT2D eigenvalue weighted by Gasteiger charge is 2.03. The molecule has 1 rings (SSSR count). The van der Waals surface area contributed by atoms with Crippen LogP contribution in [0.1, 0.15) is 11.3 Å². The second-order valence-electron chi connectivity index (χ2n) is 3.14. The summed E-state index contributed by atoms with van der Waals surface area (Å²) in [6.45, 7) is 0.720. The Hall–Kier alpha value is -1.80. The molecule has 0 unspecified atom stereocenters. The van der Waals surface area contributed by atoms with Crippen LogP contribution in [-0.4, -0.2) is 24.2 Å². The molecule has 0 amide bonds. The Bertz CT molecular complexity index is 390. The van der Waals surface area contributed by atoms with Crippen LogP contribution in [0.15, 0.2) is 12.3 Å². The van der Waals surface area contributed by atoms with Crippen LogP contribution in [0.3, 0.4) is 0 Å². The molecule has 1 N–H and O–H groups in total. The molecule has 0 saturated heterocycles. The van der Waals surface area contributed by atoms with E-state index in [9.17, 15) is 4.79 Å². The molecule has 0 spiro atoms. The van der Waals surface area contributed by atoms with Crippen molar-refractivity contribution < 1.29 is 9.53 Å². The second kappa shape index (κ2) is 5.17. The lowest BCUT2D eigenvalue weighted by atomic mass is 10.3. The molecule has 80 valence electrons. The van der Waals surface area contributed by atoms with Gasteiger partial charge in [0.05, 0.1) is 13.7 Å². The molecule has 0 atom stereocenters. The van der Waals surface area contributed by atoms with Crippen molar-refractivity contribution in [3.8, 4) is 6.07 Å². The molecule has 5 heteroatoms. The number of nitriles is 1. The standard InChI is InChI=1S/C10H13N3O2/c1-13-7-8(3-9(13)4-11)5-12-6-10(14)15-2/h3,7,12H,5-6H2,1-2H3. The van der Waals surface area contributed by atoms with E-state index in [1.54, 1.807) is 10.6 Å². The molecular weight excluding hydrogens is 194 g/mol. The first-order valence-electron chi connectivity index (χ1n) is 4.50. The summed E-state index contributed by atoms with van der Waals surface area (Å²) in [5.74, 6) is -0.300. The van der Waals surface area contributed by atoms with E-state index in [1.807, 2.05) is 13.2 Å². The van der Waals surface area contributed by atoms with Crippen molar-refractivity contribution in [2.75, 3.05) is 13.7 Å². The Labute approximate surface area is 88.3 Å². The van der Waals surface area contributed by atoms with Crippen molar-refractivity contribution in [1.29, 1.82) is 5.26 Å². The predicted molar refractivity (Wildman–Crippen MR) is 53.9 cm³/mol. The fourth-order valence-electron chi connectivity index (χ4n) is 1.22. The van der Waals surface area contributed by atoms with Crippen LogP contribution < -0.4 is 5.32 Å². The molecule has 0 aliphatic carbocycles. The van der Waals surface area contributed by atoms with Crippen LogP contribution in [0.4, 0.5) is 0 Å². The predicted octanol–water partition coefficient (Wildman–Crippen LogP) is 0.159. The van der Waals surface area contributed by atoms with Gasteiger partial charge in [0.15, 0.2) is 0 Å². The van der Waals surface area contributed by atoms with Gasteiger partial charge in [-0.2, -0.15) is 5.26 Å². The van der Waals surface area contributed by atoms with Crippen LogP contribution in [0.25, 0.3) is 0 Å². The molecule has 0 aliphatic heterocycles. The van der Waals surface area contributed by atoms with Gasteiger partial charge in [-0.05, 0) is 11.6 Å². The smallest absolute Gasteiger partial charge is 0.319 e. The van der Waals surface area contributed by atoms with Crippen LogP contribution in [0.5, 0.6) is 0 Å². The third-order valence-electron chi connectivity index (χ3n) is 2.00. The maximum Gasteiger partial charge on any atom is 0.319 e. The highest BCUT2D eigenvalue weighted by Crippen LogP contribution is 2.05. The number of carbonyl (C=O) groups excluding carboxylic acids is 1. The average molecular weight is 207 g/mol. The monoisotopic (exact) mass is 207 g/mol. The number of nitrogens with zero attached hydrogens (tertiary/aromatic N) is 2. The number of aryl methyl sites for hydroxylation is 1. The maximum atomic E-state index is 10.8. The molecular formula is C10H13N3O2. The number of nitrogens with one attached hydrogen (secondary N) is 1. The molecule has 1 aromatic rings. The lowest BCUT2D eigenvalue weighted by molar-refractivity contribution is -0.139. The number of methoxy groups -OCH3 is 1. The van der Waals surface area contributed by atoms with Crippen molar-refractivity contribution >= 4 is 5.97 Å². The summed E-state index contributed by atoms with van der Waals surface area (Å²) in [4.78, 5) is 10.8. The maximum absolute atomic E-state index is 10.8. The summed E-state index contributed by atoms with van der Waals surface area (Å²) >= 11 is 0. The Morgan fingerprint density at radius 2 is 2.47 bits per heavy atom. The number of carbonyl (C=O) groups is 1. The van der Waals surface area contributed by atoms with E-state index in [0.717, 1.165) is 5.56 Å². The van der Waals surface area contributed by atoms with E-state index >= 15 is 0 Å². The first-order chi connectivity index (χ1) is 7.17. The number of hydrogen-bond donors (Lipinski definition) is 1. The fraction of sp³-hybridized carbons (Fsp3) is 0.400. The normalized spacial score (nSPS) is 9.67. The van der Waals surface area contributed by atoms with Crippen LogP contribution >= 0.6 is 0 Å². The number of aromatic nitrogens is 1. The van der Waals surface area contributed by atoms with Crippen molar-refractivity contribution in [2.24, 2.45) is 7.05 Å². The third-order valence-corrected chi connectivity index (χ3v) is 2.00. The highest BCUT2D eigenvalue weighted by atomic mass is 16.5. The summed E-state index contributed by atoms with van der Waals surface area (Å²) in [6, 6.07) is 3.85. The molecule has 1 aromatic heterocycles. The molecule has 0 saturated carbocycles. The van der Waals surface area contributed by atoms with E-state index in [1.165, 1.54) is 7.11 Å². The van der Waals surface area contributed by atoms with Crippen LogP contribution in [0.2, 0.25) is 0 Å². The first-order valence-corrected chi connectivity index (χ1v) is 4.50. The number of ether oxygens (including phenoxy) is 1. The van der Waals surface area contributed by atoms with Gasteiger partial charge in [-0.1, -0.05) is 0 Å². The van der Waals surface area contributed by atoms with Gasteiger partial charge >= 0.3 is 5.97 Å². The van der Waals surface area contributed by atoms with Gasteiger partial charge in [0.25, 0.3) is 0 Å². The van der Waals surface area contributed by atoms with E-state index in [2.05, 4.69) is 16.1 Å². The SMILES string of the molecule is COC(=O)CNCc1cc(C#N)n(C)c1. The number of esters is 1. The van der Waals surface area contributed by atoms with Gasteiger partial charge < -0.3 is 14.6 Å². The molecule has 0 bridgehead atoms. The molecule has 15 heavy (non-hydrogen) atoms. The van der Waals surface area contributed by atoms with E-state index in [-0.39, 0.29) is 12.5 Å². The van der Waals surface area contributed by atoms with Gasteiger partial charge in [-0.25, -0.2) is 0 Å². The van der Waals surface area contributed by atoms with E-state index in [0.29, 0.717) is 12.2 Å². The van der Waals surface area contributed by atoms with Gasteiger partial charge in [0.2, 0.25) is 0 Å². The Morgan fingerprint density at radius 1 is 1.73 bits per heavy atom. The molecule has 1 heterocycles. The molecule has 0 aromatic carbocycles. The van der Waals surface area contributed by atoms with Gasteiger partial charge in [-0.15, -0.1) is 0 Å².